The molecule has 0 aromatic heterocycles. The van der Waals surface area contributed by atoms with Crippen molar-refractivity contribution < 1.29 is 32.9 Å². The van der Waals surface area contributed by atoms with E-state index in [0.29, 0.717) is 12.4 Å². The van der Waals surface area contributed by atoms with Gasteiger partial charge in [-0.05, 0) is 43.7 Å². The number of rotatable bonds is 7. The lowest BCUT2D eigenvalue weighted by atomic mass is 10.0. The molecule has 2 aromatic carbocycles. The molecule has 2 N–H and O–H groups in total. The second kappa shape index (κ2) is 9.13. The monoisotopic (exact) mass is 435 g/mol. The molecule has 4 atom stereocenters. The molecular formula is C21H25NO7S. The Morgan fingerprint density at radius 3 is 2.27 bits per heavy atom. The van der Waals surface area contributed by atoms with Crippen LogP contribution in [-0.2, 0) is 26.2 Å². The number of hydrogen-bond donors (Lipinski definition) is 2. The molecular weight excluding hydrogens is 410 g/mol. The van der Waals surface area contributed by atoms with E-state index in [2.05, 4.69) is 0 Å². The van der Waals surface area contributed by atoms with Crippen molar-refractivity contribution in [2.75, 3.05) is 6.61 Å². The Labute approximate surface area is 175 Å². The molecule has 3 rings (SSSR count). The first-order valence-electron chi connectivity index (χ1n) is 9.55. The zero-order chi connectivity index (χ0) is 21.9. The maximum absolute atomic E-state index is 13.3. The van der Waals surface area contributed by atoms with E-state index in [1.54, 1.807) is 6.92 Å². The molecule has 9 heteroatoms. The van der Waals surface area contributed by atoms with Crippen LogP contribution in [0.25, 0.3) is 0 Å². The lowest BCUT2D eigenvalue weighted by molar-refractivity contribution is -0.164. The van der Waals surface area contributed by atoms with Crippen LogP contribution in [0.4, 0.5) is 0 Å². The standard InChI is InChI=1S/C21H25NO7S/c1-14-19(12-23)22(20(21(24)25)15(2)29-14)30(26,27)18-10-8-17(9-11-18)28-13-16-6-4-3-5-7-16/h3-11,14-15,19-20,23H,12-13H2,1-2H3,(H,24,25). The van der Waals surface area contributed by atoms with Crippen molar-refractivity contribution in [1.82, 2.24) is 4.31 Å². The lowest BCUT2D eigenvalue weighted by Crippen LogP contribution is -2.64. The summed E-state index contributed by atoms with van der Waals surface area (Å²) in [5, 5.41) is 19.4. The van der Waals surface area contributed by atoms with Crippen molar-refractivity contribution in [1.29, 1.82) is 0 Å². The number of carboxylic acid groups (broad SMARTS) is 1. The highest BCUT2D eigenvalue weighted by Gasteiger charge is 2.50. The summed E-state index contributed by atoms with van der Waals surface area (Å²) in [4.78, 5) is 11.7. The third kappa shape index (κ3) is 4.49. The summed E-state index contributed by atoms with van der Waals surface area (Å²) in [5.74, 6) is -0.853. The van der Waals surface area contributed by atoms with Crippen molar-refractivity contribution in [3.8, 4) is 5.75 Å². The van der Waals surface area contributed by atoms with E-state index in [9.17, 15) is 23.4 Å². The molecule has 8 nitrogen and oxygen atoms in total. The molecule has 0 amide bonds. The van der Waals surface area contributed by atoms with E-state index in [0.717, 1.165) is 9.87 Å². The first-order valence-corrected chi connectivity index (χ1v) is 11.0. The topological polar surface area (TPSA) is 113 Å². The Hall–Kier alpha value is -2.46. The lowest BCUT2D eigenvalue weighted by Gasteiger charge is -2.44. The van der Waals surface area contributed by atoms with E-state index in [4.69, 9.17) is 9.47 Å². The van der Waals surface area contributed by atoms with Gasteiger partial charge in [-0.25, -0.2) is 8.42 Å². The maximum atomic E-state index is 13.3. The van der Waals surface area contributed by atoms with Crippen LogP contribution in [0.5, 0.6) is 5.75 Å². The molecule has 1 aliphatic rings. The Kier molecular flexibility index (Phi) is 6.77. The van der Waals surface area contributed by atoms with E-state index in [1.807, 2.05) is 30.3 Å². The molecule has 0 saturated carbocycles. The number of benzene rings is 2. The van der Waals surface area contributed by atoms with Gasteiger partial charge >= 0.3 is 5.97 Å². The summed E-state index contributed by atoms with van der Waals surface area (Å²) in [6.45, 7) is 2.89. The predicted molar refractivity (Wildman–Crippen MR) is 109 cm³/mol. The number of sulfonamides is 1. The van der Waals surface area contributed by atoms with E-state index >= 15 is 0 Å². The van der Waals surface area contributed by atoms with Crippen LogP contribution in [-0.4, -0.2) is 59.8 Å². The number of nitrogens with zero attached hydrogens (tertiary/aromatic N) is 1. The molecule has 1 saturated heterocycles. The smallest absolute Gasteiger partial charge is 0.324 e. The third-order valence-corrected chi connectivity index (χ3v) is 7.03. The summed E-state index contributed by atoms with van der Waals surface area (Å²) < 4.78 is 38.7. The number of ether oxygens (including phenoxy) is 2. The van der Waals surface area contributed by atoms with Crippen molar-refractivity contribution in [2.24, 2.45) is 0 Å². The second-order valence-electron chi connectivity index (χ2n) is 7.16. The Morgan fingerprint density at radius 2 is 1.70 bits per heavy atom. The van der Waals surface area contributed by atoms with Crippen LogP contribution in [0.15, 0.2) is 59.5 Å². The fourth-order valence-corrected chi connectivity index (χ4v) is 5.44. The summed E-state index contributed by atoms with van der Waals surface area (Å²) in [7, 11) is -4.21. The first kappa shape index (κ1) is 22.2. The van der Waals surface area contributed by atoms with Crippen molar-refractivity contribution in [3.63, 3.8) is 0 Å². The molecule has 0 radical (unpaired) electrons. The van der Waals surface area contributed by atoms with Crippen molar-refractivity contribution in [2.45, 2.75) is 49.6 Å². The van der Waals surface area contributed by atoms with Crippen LogP contribution in [0, 0.1) is 0 Å². The van der Waals surface area contributed by atoms with Crippen molar-refractivity contribution in [3.05, 3.63) is 60.2 Å². The quantitative estimate of drug-likeness (QED) is 0.683. The number of carboxylic acids is 1. The average molecular weight is 435 g/mol. The molecule has 0 aliphatic carbocycles. The van der Waals surface area contributed by atoms with Gasteiger partial charge in [-0.3, -0.25) is 4.79 Å². The van der Waals surface area contributed by atoms with Gasteiger partial charge in [0, 0.05) is 0 Å². The van der Waals surface area contributed by atoms with Gasteiger partial charge in [0.25, 0.3) is 0 Å². The summed E-state index contributed by atoms with van der Waals surface area (Å²) in [6, 6.07) is 12.9. The fourth-order valence-electron chi connectivity index (χ4n) is 3.56. The average Bonchev–Trinajstić information content (AvgIpc) is 2.72. The largest absolute Gasteiger partial charge is 0.489 e. The zero-order valence-electron chi connectivity index (χ0n) is 16.7. The Balaban J connectivity index is 1.86. The number of aliphatic hydroxyl groups is 1. The number of aliphatic hydroxyl groups excluding tert-OH is 1. The minimum atomic E-state index is -4.21. The van der Waals surface area contributed by atoms with Crippen molar-refractivity contribution >= 4 is 16.0 Å². The normalized spacial score (nSPS) is 25.0. The molecule has 0 bridgehead atoms. The van der Waals surface area contributed by atoms with E-state index < -0.39 is 46.9 Å². The Morgan fingerprint density at radius 1 is 1.07 bits per heavy atom. The molecule has 1 fully saturated rings. The summed E-state index contributed by atoms with van der Waals surface area (Å²) in [6.07, 6.45) is -1.53. The molecule has 1 heterocycles. The van der Waals surface area contributed by atoms with Crippen LogP contribution in [0.1, 0.15) is 19.4 Å². The van der Waals surface area contributed by atoms with Gasteiger partial charge in [-0.1, -0.05) is 30.3 Å². The van der Waals surface area contributed by atoms with Crippen LogP contribution in [0.2, 0.25) is 0 Å². The van der Waals surface area contributed by atoms with Crippen LogP contribution >= 0.6 is 0 Å². The molecule has 0 spiro atoms. The number of aliphatic carboxylic acids is 1. The second-order valence-corrected chi connectivity index (χ2v) is 9.00. The molecule has 162 valence electrons. The highest BCUT2D eigenvalue weighted by Crippen LogP contribution is 2.31. The summed E-state index contributed by atoms with van der Waals surface area (Å²) >= 11 is 0. The zero-order valence-corrected chi connectivity index (χ0v) is 17.5. The maximum Gasteiger partial charge on any atom is 0.324 e. The predicted octanol–water partition coefficient (Wildman–Crippen LogP) is 1.88. The van der Waals surface area contributed by atoms with Gasteiger partial charge in [0.2, 0.25) is 10.0 Å². The molecule has 1 aliphatic heterocycles. The first-order chi connectivity index (χ1) is 14.3. The SMILES string of the molecule is CC1OC(C)C(C(=O)O)N(S(=O)(=O)c2ccc(OCc3ccccc3)cc2)C1CO. The summed E-state index contributed by atoms with van der Waals surface area (Å²) in [5.41, 5.74) is 0.973. The van der Waals surface area contributed by atoms with Gasteiger partial charge in [0.15, 0.2) is 0 Å². The molecule has 30 heavy (non-hydrogen) atoms. The molecule has 4 unspecified atom stereocenters. The van der Waals surface area contributed by atoms with Crippen LogP contribution in [0.3, 0.4) is 0 Å². The highest BCUT2D eigenvalue weighted by atomic mass is 32.2. The number of morpholine rings is 1. The van der Waals surface area contributed by atoms with Gasteiger partial charge in [-0.2, -0.15) is 4.31 Å². The fraction of sp³-hybridized carbons (Fsp3) is 0.381. The minimum absolute atomic E-state index is 0.0828. The number of hydrogen-bond acceptors (Lipinski definition) is 6. The minimum Gasteiger partial charge on any atom is -0.489 e. The van der Waals surface area contributed by atoms with Crippen LogP contribution < -0.4 is 4.74 Å². The number of carbonyl (C=O) groups is 1. The molecule has 2 aromatic rings. The van der Waals surface area contributed by atoms with Gasteiger partial charge in [-0.15, -0.1) is 0 Å². The van der Waals surface area contributed by atoms with E-state index in [1.165, 1.54) is 31.2 Å². The highest BCUT2D eigenvalue weighted by molar-refractivity contribution is 7.89. The Bertz CT molecular complexity index is 963. The van der Waals surface area contributed by atoms with E-state index in [-0.39, 0.29) is 4.90 Å². The van der Waals surface area contributed by atoms with Gasteiger partial charge < -0.3 is 19.7 Å². The van der Waals surface area contributed by atoms with Gasteiger partial charge in [0.05, 0.1) is 29.8 Å². The third-order valence-electron chi connectivity index (χ3n) is 5.10. The van der Waals surface area contributed by atoms with Gasteiger partial charge in [0.1, 0.15) is 18.4 Å².